The van der Waals surface area contributed by atoms with Crippen LogP contribution in [0.3, 0.4) is 0 Å². The molecule has 0 bridgehead atoms. The fourth-order valence-corrected chi connectivity index (χ4v) is 0.764. The molecule has 0 heterocycles. The molecule has 0 radical (unpaired) electrons. The van der Waals surface area contributed by atoms with Gasteiger partial charge in [0.25, 0.3) is 0 Å². The number of rotatable bonds is 2. The predicted octanol–water partition coefficient (Wildman–Crippen LogP) is 0.942. The second-order valence-electron chi connectivity index (χ2n) is 0.877. The third kappa shape index (κ3) is 6.64. The van der Waals surface area contributed by atoms with Crippen LogP contribution in [0, 0.1) is 11.8 Å². The van der Waals surface area contributed by atoms with E-state index in [1.807, 2.05) is 0 Å². The van der Waals surface area contributed by atoms with Gasteiger partial charge in [0.05, 0.1) is 6.45 Å². The van der Waals surface area contributed by atoms with E-state index in [-0.39, 0.29) is 6.61 Å². The Balaban J connectivity index is 2.90. The first-order valence-corrected chi connectivity index (χ1v) is 5.98. The summed E-state index contributed by atoms with van der Waals surface area (Å²) in [4.78, 5) is 0. The molecule has 0 aromatic rings. The summed E-state index contributed by atoms with van der Waals surface area (Å²) in [6.45, 7) is 0.812. The summed E-state index contributed by atoms with van der Waals surface area (Å²) in [5.74, 6) is 5.08. The Hall–Kier alpha value is 0.640. The molecule has 0 spiro atoms. The molecule has 2 nitrogen and oxygen atoms in total. The first-order chi connectivity index (χ1) is 3.91. The maximum Gasteiger partial charge on any atom is 0.112 e. The Morgan fingerprint density at radius 1 is 1.62 bits per heavy atom. The van der Waals surface area contributed by atoms with Crippen molar-refractivity contribution in [3.8, 4) is 11.8 Å². The molecule has 1 N–H and O–H groups in total. The quantitative estimate of drug-likeness (QED) is 0.339. The van der Waals surface area contributed by atoms with Crippen molar-refractivity contribution < 1.29 is 9.63 Å². The summed E-state index contributed by atoms with van der Waals surface area (Å²) in [7, 11) is 0. The molecule has 1 unspecified atom stereocenters. The summed E-state index contributed by atoms with van der Waals surface area (Å²) in [5.41, 5.74) is 0. The lowest BCUT2D eigenvalue weighted by Crippen LogP contribution is -1.78. The molecule has 0 aliphatic rings. The molecule has 0 fully saturated rings. The van der Waals surface area contributed by atoms with E-state index in [4.69, 9.17) is 9.63 Å². The van der Waals surface area contributed by atoms with Gasteiger partial charge in [-0.05, 0) is 22.0 Å². The van der Waals surface area contributed by atoms with E-state index in [1.165, 1.54) is 0 Å². The topological polar surface area (TPSA) is 29.5 Å². The molecule has 1 atom stereocenters. The van der Waals surface area contributed by atoms with Crippen LogP contribution in [0.25, 0.3) is 0 Å². The highest BCUT2D eigenvalue weighted by molar-refractivity contribution is 14.2. The van der Waals surface area contributed by atoms with Gasteiger partial charge < -0.3 is 9.63 Å². The maximum atomic E-state index is 8.14. The second-order valence-corrected chi connectivity index (χ2v) is 2.64. The average Bonchev–Trinajstić information content (AvgIpc) is 1.81. The molecular weight excluding hydrogens is 238 g/mol. The van der Waals surface area contributed by atoms with E-state index >= 15 is 0 Å². The van der Waals surface area contributed by atoms with Gasteiger partial charge >= 0.3 is 0 Å². The van der Waals surface area contributed by atoms with Crippen LogP contribution < -0.4 is 0 Å². The summed E-state index contributed by atoms with van der Waals surface area (Å²) < 4.78 is 4.87. The van der Waals surface area contributed by atoms with Crippen molar-refractivity contribution in [3.05, 3.63) is 0 Å². The molecule has 4 heteroatoms. The van der Waals surface area contributed by atoms with E-state index in [0.717, 1.165) is 0 Å². The van der Waals surface area contributed by atoms with Crippen molar-refractivity contribution >= 4 is 28.5 Å². The van der Waals surface area contributed by atoms with Crippen LogP contribution in [0.5, 0.6) is 0 Å². The van der Waals surface area contributed by atoms with Crippen LogP contribution in [-0.2, 0) is 4.52 Å². The van der Waals surface area contributed by atoms with Crippen LogP contribution in [-0.4, -0.2) is 18.3 Å². The number of aliphatic hydroxyl groups excluding tert-OH is 1. The third-order valence-electron chi connectivity index (χ3n) is 0.403. The normalized spacial score (nSPS) is 9.25. The van der Waals surface area contributed by atoms with Crippen molar-refractivity contribution in [1.29, 1.82) is 0 Å². The first kappa shape index (κ1) is 8.64. The second kappa shape index (κ2) is 7.64. The van der Waals surface area contributed by atoms with Gasteiger partial charge in [-0.25, -0.2) is 0 Å². The number of aliphatic hydroxyl groups is 1. The van der Waals surface area contributed by atoms with Gasteiger partial charge in [0.2, 0.25) is 0 Å². The Morgan fingerprint density at radius 2 is 2.38 bits per heavy atom. The fourth-order valence-electron chi connectivity index (χ4n) is 0.170. The van der Waals surface area contributed by atoms with Crippen LogP contribution in [0.1, 0.15) is 0 Å². The lowest BCUT2D eigenvalue weighted by molar-refractivity contribution is 0.350. The van der Waals surface area contributed by atoms with Crippen molar-refractivity contribution in [2.75, 3.05) is 13.2 Å². The molecule has 0 saturated heterocycles. The van der Waals surface area contributed by atoms with Crippen molar-refractivity contribution in [2.24, 2.45) is 0 Å². The van der Waals surface area contributed by atoms with E-state index in [2.05, 4.69) is 33.9 Å². The van der Waals surface area contributed by atoms with Gasteiger partial charge in [-0.1, -0.05) is 11.8 Å². The molecule has 0 saturated carbocycles. The molecule has 0 aromatic heterocycles. The van der Waals surface area contributed by atoms with Crippen molar-refractivity contribution in [3.63, 3.8) is 0 Å². The van der Waals surface area contributed by atoms with E-state index in [0.29, 0.717) is 13.1 Å². The maximum absolute atomic E-state index is 8.14. The minimum atomic E-state index is -0.0757. The van der Waals surface area contributed by atoms with Gasteiger partial charge in [0.1, 0.15) is 13.2 Å². The number of halogens is 1. The largest absolute Gasteiger partial charge is 0.384 e. The summed E-state index contributed by atoms with van der Waals surface area (Å²) in [5, 5.41) is 8.14. The number of hydrogen-bond donors (Lipinski definition) is 1. The predicted molar refractivity (Wildman–Crippen MR) is 43.1 cm³/mol. The van der Waals surface area contributed by atoms with E-state index in [1.54, 1.807) is 0 Å². The Morgan fingerprint density at radius 3 is 2.88 bits per heavy atom. The van der Waals surface area contributed by atoms with E-state index in [9.17, 15) is 0 Å². The molecule has 0 aromatic carbocycles. The highest BCUT2D eigenvalue weighted by atomic mass is 127. The zero-order valence-electron chi connectivity index (χ0n) is 4.15. The van der Waals surface area contributed by atoms with Crippen LogP contribution in [0.4, 0.5) is 0 Å². The zero-order chi connectivity index (χ0) is 6.24. The third-order valence-corrected chi connectivity index (χ3v) is 1.59. The molecular formula is C4H6IO2P. The minimum absolute atomic E-state index is 0.0757. The van der Waals surface area contributed by atoms with Crippen LogP contribution in [0.2, 0.25) is 0 Å². The van der Waals surface area contributed by atoms with Gasteiger partial charge in [0.15, 0.2) is 0 Å². The van der Waals surface area contributed by atoms with Gasteiger partial charge in [-0.2, -0.15) is 0 Å². The van der Waals surface area contributed by atoms with Crippen molar-refractivity contribution in [2.45, 2.75) is 0 Å². The highest BCUT2D eigenvalue weighted by Crippen LogP contribution is 2.20. The first-order valence-electron chi connectivity index (χ1n) is 1.96. The van der Waals surface area contributed by atoms with Crippen LogP contribution >= 0.6 is 28.5 Å². The Bertz CT molecular complexity index is 95.9. The SMILES string of the molecule is OCC#CCOPI. The Kier molecular flexibility index (Phi) is 8.25. The molecule has 0 aliphatic carbocycles. The standard InChI is InChI=1S/C4H6IO2P/c5-8-7-4-2-1-3-6/h6,8H,3-4H2. The summed E-state index contributed by atoms with van der Waals surface area (Å²) in [6, 6.07) is 0. The lowest BCUT2D eigenvalue weighted by atomic mass is 10.6. The molecule has 0 rings (SSSR count). The number of hydrogen-bond acceptors (Lipinski definition) is 2. The fraction of sp³-hybridized carbons (Fsp3) is 0.500. The minimum Gasteiger partial charge on any atom is -0.384 e. The molecule has 0 amide bonds. The van der Waals surface area contributed by atoms with Crippen molar-refractivity contribution in [1.82, 2.24) is 0 Å². The molecule has 8 heavy (non-hydrogen) atoms. The average molecular weight is 244 g/mol. The highest BCUT2D eigenvalue weighted by Gasteiger charge is 1.72. The van der Waals surface area contributed by atoms with Gasteiger partial charge in [-0.15, -0.1) is 0 Å². The molecule has 46 valence electrons. The smallest absolute Gasteiger partial charge is 0.112 e. The van der Waals surface area contributed by atoms with Gasteiger partial charge in [-0.3, -0.25) is 0 Å². The monoisotopic (exact) mass is 244 g/mol. The Labute approximate surface area is 63.3 Å². The van der Waals surface area contributed by atoms with Gasteiger partial charge in [0, 0.05) is 0 Å². The summed E-state index contributed by atoms with van der Waals surface area (Å²) in [6.07, 6.45) is 0. The summed E-state index contributed by atoms with van der Waals surface area (Å²) >= 11 is 2.11. The van der Waals surface area contributed by atoms with Crippen LogP contribution in [0.15, 0.2) is 0 Å². The zero-order valence-corrected chi connectivity index (χ0v) is 7.31. The van der Waals surface area contributed by atoms with E-state index < -0.39 is 0 Å². The molecule has 0 aliphatic heterocycles. The lowest BCUT2D eigenvalue weighted by Gasteiger charge is -1.85.